The second-order valence-electron chi connectivity index (χ2n) is 9.02. The maximum atomic E-state index is 13.5. The summed E-state index contributed by atoms with van der Waals surface area (Å²) in [5, 5.41) is 19.9. The number of aliphatic imine (C=N–C) groups is 1. The number of carbonyl (C=O) groups excluding carboxylic acids is 2. The lowest BCUT2D eigenvalue weighted by molar-refractivity contribution is -0.112. The maximum Gasteiger partial charge on any atom is 0.323 e. The summed E-state index contributed by atoms with van der Waals surface area (Å²) in [7, 11) is -3.83. The van der Waals surface area contributed by atoms with E-state index in [9.17, 15) is 18.0 Å². The van der Waals surface area contributed by atoms with Crippen molar-refractivity contribution in [3.8, 4) is 6.07 Å². The monoisotopic (exact) mass is 584 g/mol. The van der Waals surface area contributed by atoms with E-state index in [4.69, 9.17) is 22.0 Å². The van der Waals surface area contributed by atoms with Gasteiger partial charge in [-0.1, -0.05) is 23.7 Å². The maximum absolute atomic E-state index is 13.5. The molecule has 0 atom stereocenters. The number of nitrogens with two attached hydrogens (primary N) is 1. The van der Waals surface area contributed by atoms with E-state index in [1.807, 2.05) is 0 Å². The van der Waals surface area contributed by atoms with Gasteiger partial charge in [0.05, 0.1) is 34.4 Å². The number of urea groups is 1. The highest BCUT2D eigenvalue weighted by atomic mass is 35.5. The molecule has 4 aromatic carbocycles. The smallest absolute Gasteiger partial charge is 0.308 e. The van der Waals surface area contributed by atoms with E-state index in [2.05, 4.69) is 21.7 Å². The number of primary sulfonamides is 1. The molecule has 4 N–H and O–H groups in total. The summed E-state index contributed by atoms with van der Waals surface area (Å²) in [6, 6.07) is 25.7. The number of fused-ring (bicyclic) bond motifs is 1. The molecule has 1 aliphatic rings. The van der Waals surface area contributed by atoms with Crippen LogP contribution >= 0.6 is 11.6 Å². The molecule has 0 unspecified atom stereocenters. The SMILES string of the molecule is N#Cc1ccc(CN2C(=O)C(=Nc3ccc(NC(=O)Nc4ccc(S(N)(=O)=O)cc4)cc3)c3cc(Cl)ccc32)cc1. The van der Waals surface area contributed by atoms with Gasteiger partial charge in [-0.25, -0.2) is 23.3 Å². The normalized spacial score (nSPS) is 13.5. The second kappa shape index (κ2) is 11.2. The van der Waals surface area contributed by atoms with Crippen LogP contribution in [0.4, 0.5) is 27.5 Å². The Labute approximate surface area is 240 Å². The van der Waals surface area contributed by atoms with E-state index in [0.717, 1.165) is 5.56 Å². The number of carbonyl (C=O) groups is 2. The number of amides is 3. The topological polar surface area (TPSA) is 158 Å². The summed E-state index contributed by atoms with van der Waals surface area (Å²) in [6.07, 6.45) is 0. The van der Waals surface area contributed by atoms with Gasteiger partial charge in [0.25, 0.3) is 5.91 Å². The van der Waals surface area contributed by atoms with Crippen molar-refractivity contribution in [2.24, 2.45) is 10.1 Å². The van der Waals surface area contributed by atoms with Gasteiger partial charge in [-0.05, 0) is 84.4 Å². The van der Waals surface area contributed by atoms with Crippen molar-refractivity contribution in [1.29, 1.82) is 5.26 Å². The molecule has 3 amide bonds. The number of nitrogens with one attached hydrogen (secondary N) is 2. The Bertz CT molecular complexity index is 1830. The van der Waals surface area contributed by atoms with Crippen LogP contribution in [-0.2, 0) is 21.4 Å². The van der Waals surface area contributed by atoms with Crippen molar-refractivity contribution in [1.82, 2.24) is 0 Å². The van der Waals surface area contributed by atoms with E-state index in [-0.39, 0.29) is 16.5 Å². The zero-order valence-electron chi connectivity index (χ0n) is 21.2. The highest BCUT2D eigenvalue weighted by Gasteiger charge is 2.34. The Balaban J connectivity index is 1.31. The highest BCUT2D eigenvalue weighted by Crippen LogP contribution is 2.34. The van der Waals surface area contributed by atoms with Gasteiger partial charge in [0.2, 0.25) is 10.0 Å². The third kappa shape index (κ3) is 6.26. The van der Waals surface area contributed by atoms with Crippen LogP contribution in [0.5, 0.6) is 0 Å². The molecule has 0 radical (unpaired) electrons. The van der Waals surface area contributed by atoms with Crippen LogP contribution in [0.15, 0.2) is 101 Å². The Hall–Kier alpha value is -5.02. The minimum absolute atomic E-state index is 0.0660. The fraction of sp³-hybridized carbons (Fsp3) is 0.0345. The summed E-state index contributed by atoms with van der Waals surface area (Å²) >= 11 is 6.24. The van der Waals surface area contributed by atoms with Crippen molar-refractivity contribution < 1.29 is 18.0 Å². The molecule has 1 heterocycles. The molecule has 0 aromatic heterocycles. The zero-order chi connectivity index (χ0) is 29.1. The quantitative estimate of drug-likeness (QED) is 0.285. The molecule has 5 rings (SSSR count). The lowest BCUT2D eigenvalue weighted by Crippen LogP contribution is -2.29. The molecule has 0 saturated heterocycles. The first kappa shape index (κ1) is 27.5. The number of nitriles is 1. The van der Waals surface area contributed by atoms with Gasteiger partial charge in [0.1, 0.15) is 5.71 Å². The molecule has 204 valence electrons. The molecule has 0 saturated carbocycles. The van der Waals surface area contributed by atoms with E-state index in [0.29, 0.717) is 45.4 Å². The molecule has 0 bridgehead atoms. The Morgan fingerprint density at radius 2 is 1.54 bits per heavy atom. The van der Waals surface area contributed by atoms with Crippen LogP contribution in [0.25, 0.3) is 0 Å². The van der Waals surface area contributed by atoms with Gasteiger partial charge in [0, 0.05) is 22.0 Å². The van der Waals surface area contributed by atoms with Crippen LogP contribution < -0.4 is 20.7 Å². The number of anilines is 3. The van der Waals surface area contributed by atoms with Crippen molar-refractivity contribution in [3.63, 3.8) is 0 Å². The van der Waals surface area contributed by atoms with Gasteiger partial charge in [-0.2, -0.15) is 5.26 Å². The van der Waals surface area contributed by atoms with Crippen molar-refractivity contribution in [2.45, 2.75) is 11.4 Å². The lowest BCUT2D eigenvalue weighted by Gasteiger charge is -2.17. The van der Waals surface area contributed by atoms with Crippen LogP contribution in [0, 0.1) is 11.3 Å². The highest BCUT2D eigenvalue weighted by molar-refractivity contribution is 7.89. The summed E-state index contributed by atoms with van der Waals surface area (Å²) in [5.41, 5.74) is 4.23. The van der Waals surface area contributed by atoms with Gasteiger partial charge >= 0.3 is 6.03 Å². The first-order chi connectivity index (χ1) is 19.6. The fourth-order valence-electron chi connectivity index (χ4n) is 4.19. The number of hydrogen-bond donors (Lipinski definition) is 3. The molecule has 1 aliphatic heterocycles. The summed E-state index contributed by atoms with van der Waals surface area (Å²) in [4.78, 5) is 32.0. The zero-order valence-corrected chi connectivity index (χ0v) is 22.8. The summed E-state index contributed by atoms with van der Waals surface area (Å²) in [5.74, 6) is -0.290. The average Bonchev–Trinajstić information content (AvgIpc) is 3.19. The number of hydrogen-bond acceptors (Lipinski definition) is 6. The first-order valence-electron chi connectivity index (χ1n) is 12.1. The first-order valence-corrected chi connectivity index (χ1v) is 14.0. The van der Waals surface area contributed by atoms with Gasteiger partial charge in [-0.3, -0.25) is 4.79 Å². The van der Waals surface area contributed by atoms with Crippen molar-refractivity contribution >= 4 is 62.0 Å². The van der Waals surface area contributed by atoms with Gasteiger partial charge in [-0.15, -0.1) is 0 Å². The molecule has 0 fully saturated rings. The lowest BCUT2D eigenvalue weighted by atomic mass is 10.1. The number of nitrogens with zero attached hydrogens (tertiary/aromatic N) is 3. The van der Waals surface area contributed by atoms with E-state index >= 15 is 0 Å². The molecular weight excluding hydrogens is 564 g/mol. The third-order valence-electron chi connectivity index (χ3n) is 6.18. The largest absolute Gasteiger partial charge is 0.323 e. The summed E-state index contributed by atoms with van der Waals surface area (Å²) in [6.45, 7) is 0.293. The Kier molecular flexibility index (Phi) is 7.54. The van der Waals surface area contributed by atoms with E-state index in [1.54, 1.807) is 71.6 Å². The number of halogens is 1. The second-order valence-corrected chi connectivity index (χ2v) is 11.0. The minimum Gasteiger partial charge on any atom is -0.308 e. The third-order valence-corrected chi connectivity index (χ3v) is 7.35. The van der Waals surface area contributed by atoms with Crippen LogP contribution in [0.3, 0.4) is 0 Å². The van der Waals surface area contributed by atoms with Gasteiger partial charge in [0.15, 0.2) is 0 Å². The molecule has 10 nitrogen and oxygen atoms in total. The fourth-order valence-corrected chi connectivity index (χ4v) is 4.88. The Morgan fingerprint density at radius 3 is 2.12 bits per heavy atom. The predicted molar refractivity (Wildman–Crippen MR) is 157 cm³/mol. The molecule has 4 aromatic rings. The van der Waals surface area contributed by atoms with Crippen LogP contribution in [0.1, 0.15) is 16.7 Å². The van der Waals surface area contributed by atoms with Crippen molar-refractivity contribution in [3.05, 3.63) is 113 Å². The number of benzene rings is 4. The molecule has 12 heteroatoms. The molecule has 0 spiro atoms. The summed E-state index contributed by atoms with van der Waals surface area (Å²) < 4.78 is 22.8. The van der Waals surface area contributed by atoms with Crippen LogP contribution in [0.2, 0.25) is 5.02 Å². The number of sulfonamides is 1. The predicted octanol–water partition coefficient (Wildman–Crippen LogP) is 5.17. The molecule has 0 aliphatic carbocycles. The average molecular weight is 585 g/mol. The van der Waals surface area contributed by atoms with E-state index in [1.165, 1.54) is 24.3 Å². The molecule has 41 heavy (non-hydrogen) atoms. The standard InChI is InChI=1S/C29H21ClN6O4S/c30-20-5-14-26-25(15-20)27(28(37)36(26)17-19-3-1-18(16-31)2-4-19)33-21-6-8-22(9-7-21)34-29(38)35-23-10-12-24(13-11-23)41(32,39)40/h1-15H,17H2,(H2,32,39,40)(H2,34,35,38). The molecular formula is C29H21ClN6O4S. The Morgan fingerprint density at radius 1 is 0.927 bits per heavy atom. The van der Waals surface area contributed by atoms with Gasteiger partial charge < -0.3 is 15.5 Å². The minimum atomic E-state index is -3.83. The number of rotatable bonds is 6. The van der Waals surface area contributed by atoms with Crippen molar-refractivity contribution in [2.75, 3.05) is 15.5 Å². The van der Waals surface area contributed by atoms with E-state index < -0.39 is 16.1 Å². The van der Waals surface area contributed by atoms with Crippen LogP contribution in [-0.4, -0.2) is 26.1 Å².